The zero-order chi connectivity index (χ0) is 19.5. The van der Waals surface area contributed by atoms with E-state index in [-0.39, 0.29) is 5.56 Å². The number of rotatable bonds is 6. The topological polar surface area (TPSA) is 70.8 Å². The van der Waals surface area contributed by atoms with Gasteiger partial charge >= 0.3 is 11.7 Å². The van der Waals surface area contributed by atoms with Crippen LogP contribution in [0.3, 0.4) is 0 Å². The molecule has 1 heterocycles. The Labute approximate surface area is 144 Å². The second kappa shape index (κ2) is 7.41. The van der Waals surface area contributed by atoms with Crippen LogP contribution in [0.5, 0.6) is 0 Å². The van der Waals surface area contributed by atoms with E-state index >= 15 is 0 Å². The fourth-order valence-electron chi connectivity index (χ4n) is 1.70. The van der Waals surface area contributed by atoms with Gasteiger partial charge in [0.1, 0.15) is 5.69 Å². The van der Waals surface area contributed by atoms with Gasteiger partial charge in [0.2, 0.25) is 0 Å². The molecule has 0 aliphatic heterocycles. The van der Waals surface area contributed by atoms with Crippen molar-refractivity contribution >= 4 is 21.6 Å². The molecule has 0 aromatic carbocycles. The van der Waals surface area contributed by atoms with Gasteiger partial charge in [-0.1, -0.05) is 17.8 Å². The molecule has 1 rings (SSSR count). The van der Waals surface area contributed by atoms with E-state index in [9.17, 15) is 34.8 Å². The van der Waals surface area contributed by atoms with E-state index in [1.165, 1.54) is 6.07 Å². The monoisotopic (exact) mass is 406 g/mol. The number of sulfone groups is 1. The second-order valence-electron chi connectivity index (χ2n) is 5.20. The van der Waals surface area contributed by atoms with Gasteiger partial charge in [-0.25, -0.2) is 8.42 Å². The van der Waals surface area contributed by atoms with E-state index in [0.29, 0.717) is 12.3 Å². The van der Waals surface area contributed by atoms with Gasteiger partial charge in [-0.05, 0) is 25.0 Å². The van der Waals surface area contributed by atoms with Crippen molar-refractivity contribution in [1.82, 2.24) is 4.98 Å². The Morgan fingerprint density at radius 1 is 1.20 bits per heavy atom. The highest BCUT2D eigenvalue weighted by Crippen LogP contribution is 2.34. The summed E-state index contributed by atoms with van der Waals surface area (Å²) in [4.78, 5) is 3.11. The molecule has 140 valence electrons. The molecule has 4 nitrogen and oxygen atoms in total. The highest BCUT2D eigenvalue weighted by molar-refractivity contribution is 8.00. The standard InChI is InChI=1S/C13H12F6N2O2S2/c1-11(8-20,4-5-24-13(17,18)19)25(22,23)7-9-2-3-10(21-6-9)12(14,15)16/h2-3,6H,4-5,7H2,1H3. The molecule has 0 aliphatic rings. The molecule has 1 aromatic heterocycles. The first-order valence-corrected chi connectivity index (χ1v) is 9.20. The van der Waals surface area contributed by atoms with Crippen LogP contribution in [0, 0.1) is 11.3 Å². The van der Waals surface area contributed by atoms with Crippen molar-refractivity contribution in [2.75, 3.05) is 5.75 Å². The molecule has 0 amide bonds. The van der Waals surface area contributed by atoms with Gasteiger partial charge < -0.3 is 0 Å². The number of halogens is 6. The Morgan fingerprint density at radius 3 is 2.20 bits per heavy atom. The molecule has 0 spiro atoms. The van der Waals surface area contributed by atoms with E-state index in [4.69, 9.17) is 5.26 Å². The Balaban J connectivity index is 2.92. The van der Waals surface area contributed by atoms with Crippen molar-refractivity contribution < 1.29 is 34.8 Å². The molecule has 0 fully saturated rings. The zero-order valence-electron chi connectivity index (χ0n) is 12.6. The molecule has 12 heteroatoms. The lowest BCUT2D eigenvalue weighted by Gasteiger charge is -2.22. The third-order valence-corrected chi connectivity index (χ3v) is 6.36. The molecule has 25 heavy (non-hydrogen) atoms. The van der Waals surface area contributed by atoms with Crippen molar-refractivity contribution in [2.24, 2.45) is 0 Å². The maximum Gasteiger partial charge on any atom is 0.441 e. The first-order valence-electron chi connectivity index (χ1n) is 6.56. The molecule has 0 bridgehead atoms. The predicted molar refractivity (Wildman–Crippen MR) is 79.0 cm³/mol. The van der Waals surface area contributed by atoms with Gasteiger partial charge in [0.25, 0.3) is 0 Å². The van der Waals surface area contributed by atoms with Crippen LogP contribution in [0.15, 0.2) is 18.3 Å². The minimum absolute atomic E-state index is 0.0991. The Morgan fingerprint density at radius 2 is 1.80 bits per heavy atom. The van der Waals surface area contributed by atoms with Crippen LogP contribution in [0.1, 0.15) is 24.6 Å². The summed E-state index contributed by atoms with van der Waals surface area (Å²) in [6.07, 6.45) is -4.56. The summed E-state index contributed by atoms with van der Waals surface area (Å²) in [5.41, 5.74) is -5.87. The van der Waals surface area contributed by atoms with Crippen molar-refractivity contribution in [3.05, 3.63) is 29.6 Å². The maximum absolute atomic E-state index is 12.4. The fourth-order valence-corrected chi connectivity index (χ4v) is 4.05. The largest absolute Gasteiger partial charge is 0.441 e. The average molecular weight is 406 g/mol. The van der Waals surface area contributed by atoms with Gasteiger partial charge in [-0.15, -0.1) is 0 Å². The lowest BCUT2D eigenvalue weighted by atomic mass is 10.1. The van der Waals surface area contributed by atoms with Crippen molar-refractivity contribution in [3.63, 3.8) is 0 Å². The summed E-state index contributed by atoms with van der Waals surface area (Å²) in [5.74, 6) is -1.45. The Bertz CT molecular complexity index is 738. The number of hydrogen-bond acceptors (Lipinski definition) is 5. The van der Waals surface area contributed by atoms with Gasteiger partial charge in [0.15, 0.2) is 14.6 Å². The first kappa shape index (κ1) is 21.6. The average Bonchev–Trinajstić information content (AvgIpc) is 2.44. The molecule has 0 radical (unpaired) electrons. The predicted octanol–water partition coefficient (Wildman–Crippen LogP) is 3.94. The summed E-state index contributed by atoms with van der Waals surface area (Å²) in [6.45, 7) is 0.983. The molecule has 1 aromatic rings. The molecule has 0 saturated heterocycles. The minimum Gasteiger partial charge on any atom is -0.251 e. The number of nitriles is 1. The van der Waals surface area contributed by atoms with Gasteiger partial charge in [-0.2, -0.15) is 31.6 Å². The zero-order valence-corrected chi connectivity index (χ0v) is 14.3. The second-order valence-corrected chi connectivity index (χ2v) is 8.77. The molecule has 0 N–H and O–H groups in total. The smallest absolute Gasteiger partial charge is 0.251 e. The molecule has 1 unspecified atom stereocenters. The lowest BCUT2D eigenvalue weighted by Crippen LogP contribution is -2.35. The first-order chi connectivity index (χ1) is 11.2. The van der Waals surface area contributed by atoms with E-state index < -0.39 is 61.7 Å². The molecule has 0 saturated carbocycles. The number of alkyl halides is 6. The Hall–Kier alpha value is -1.48. The molecular formula is C13H12F6N2O2S2. The van der Waals surface area contributed by atoms with Crippen molar-refractivity contribution in [1.29, 1.82) is 5.26 Å². The van der Waals surface area contributed by atoms with E-state index in [2.05, 4.69) is 4.98 Å². The van der Waals surface area contributed by atoms with E-state index in [1.807, 2.05) is 0 Å². The third-order valence-electron chi connectivity index (χ3n) is 3.24. The van der Waals surface area contributed by atoms with Crippen LogP contribution in [0.4, 0.5) is 26.3 Å². The van der Waals surface area contributed by atoms with Crippen molar-refractivity contribution in [3.8, 4) is 6.07 Å². The number of pyridine rings is 1. The van der Waals surface area contributed by atoms with Crippen molar-refractivity contribution in [2.45, 2.75) is 35.5 Å². The molecule has 1 atom stereocenters. The highest BCUT2D eigenvalue weighted by Gasteiger charge is 2.41. The van der Waals surface area contributed by atoms with E-state index in [0.717, 1.165) is 13.0 Å². The summed E-state index contributed by atoms with van der Waals surface area (Å²) in [5, 5.41) is 9.10. The minimum atomic E-state index is -4.69. The van der Waals surface area contributed by atoms with Crippen LogP contribution < -0.4 is 0 Å². The summed E-state index contributed by atoms with van der Waals surface area (Å²) in [7, 11) is -4.25. The fraction of sp³-hybridized carbons (Fsp3) is 0.538. The number of aromatic nitrogens is 1. The lowest BCUT2D eigenvalue weighted by molar-refractivity contribution is -0.141. The third kappa shape index (κ3) is 6.07. The summed E-state index contributed by atoms with van der Waals surface area (Å²) >= 11 is -0.450. The van der Waals surface area contributed by atoms with Gasteiger partial charge in [0, 0.05) is 11.9 Å². The van der Waals surface area contributed by atoms with Crippen LogP contribution in [-0.2, 0) is 21.8 Å². The normalized spacial score (nSPS) is 15.4. The summed E-state index contributed by atoms with van der Waals surface area (Å²) < 4.78 is 96.2. The number of nitrogens with zero attached hydrogens (tertiary/aromatic N) is 2. The number of hydrogen-bond donors (Lipinski definition) is 0. The SMILES string of the molecule is CC(C#N)(CCSC(F)(F)F)S(=O)(=O)Cc1ccc(C(F)(F)F)nc1. The van der Waals surface area contributed by atoms with Gasteiger partial charge in [0.05, 0.1) is 11.8 Å². The Kier molecular flexibility index (Phi) is 6.39. The van der Waals surface area contributed by atoms with Gasteiger partial charge in [-0.3, -0.25) is 4.98 Å². The maximum atomic E-state index is 12.4. The van der Waals surface area contributed by atoms with Crippen LogP contribution in [0.2, 0.25) is 0 Å². The molecule has 0 aliphatic carbocycles. The number of thioether (sulfide) groups is 1. The van der Waals surface area contributed by atoms with E-state index in [1.54, 1.807) is 0 Å². The summed E-state index contributed by atoms with van der Waals surface area (Å²) in [6, 6.07) is 2.98. The van der Waals surface area contributed by atoms with Crippen LogP contribution in [0.25, 0.3) is 0 Å². The highest BCUT2D eigenvalue weighted by atomic mass is 32.2. The quantitative estimate of drug-likeness (QED) is 0.670. The van der Waals surface area contributed by atoms with Crippen LogP contribution >= 0.6 is 11.8 Å². The molecular weight excluding hydrogens is 394 g/mol. The van der Waals surface area contributed by atoms with Crippen LogP contribution in [-0.4, -0.2) is 29.4 Å².